The highest BCUT2D eigenvalue weighted by molar-refractivity contribution is 5.83. The second-order valence-corrected chi connectivity index (χ2v) is 9.70. The molecule has 0 bridgehead atoms. The molecule has 0 unspecified atom stereocenters. The normalized spacial score (nSPS) is 12.3. The number of aryl methyl sites for hydroxylation is 1. The Morgan fingerprint density at radius 3 is 2.51 bits per heavy atom. The molecule has 4 rings (SSSR count). The topological polar surface area (TPSA) is 109 Å². The van der Waals surface area contributed by atoms with Crippen LogP contribution in [-0.2, 0) is 0 Å². The van der Waals surface area contributed by atoms with Gasteiger partial charge in [0.15, 0.2) is 11.6 Å². The SMILES string of the molecule is CC[C@H](C)Oc1ccc(C=Nn2c(-c3cc(C(C)C)c(OC)cc3C)nc3ccccc3c2=O)cc1[N+](=O)[O-]. The van der Waals surface area contributed by atoms with Gasteiger partial charge in [-0.3, -0.25) is 14.9 Å². The summed E-state index contributed by atoms with van der Waals surface area (Å²) in [5, 5.41) is 16.6. The summed E-state index contributed by atoms with van der Waals surface area (Å²) in [5.41, 5.74) is 3.05. The number of fused-ring (bicyclic) bond motifs is 1. The van der Waals surface area contributed by atoms with Gasteiger partial charge in [0.1, 0.15) is 5.75 Å². The van der Waals surface area contributed by atoms with Crippen LogP contribution >= 0.6 is 0 Å². The van der Waals surface area contributed by atoms with Gasteiger partial charge >= 0.3 is 5.69 Å². The standard InChI is InChI=1S/C30H32N4O5/c1-7-20(5)39-27-13-12-21(15-26(27)34(36)37)17-31-33-29(32-25-11-9-8-10-22(25)30(33)35)24-16-23(18(2)3)28(38-6)14-19(24)4/h8-18,20H,7H2,1-6H3/t20-/m0/s1. The molecule has 0 radical (unpaired) electrons. The minimum Gasteiger partial charge on any atom is -0.496 e. The number of methoxy groups -OCH3 is 1. The molecule has 0 aliphatic carbocycles. The lowest BCUT2D eigenvalue weighted by atomic mass is 9.96. The highest BCUT2D eigenvalue weighted by atomic mass is 16.6. The molecule has 1 atom stereocenters. The largest absolute Gasteiger partial charge is 0.496 e. The third-order valence-electron chi connectivity index (χ3n) is 6.60. The van der Waals surface area contributed by atoms with Gasteiger partial charge in [0.05, 0.1) is 35.3 Å². The number of hydrogen-bond donors (Lipinski definition) is 0. The van der Waals surface area contributed by atoms with Crippen molar-refractivity contribution in [1.82, 2.24) is 9.66 Å². The van der Waals surface area contributed by atoms with Crippen molar-refractivity contribution in [2.24, 2.45) is 5.10 Å². The summed E-state index contributed by atoms with van der Waals surface area (Å²) < 4.78 is 12.6. The predicted molar refractivity (Wildman–Crippen MR) is 153 cm³/mol. The first-order chi connectivity index (χ1) is 18.6. The molecular formula is C30H32N4O5. The summed E-state index contributed by atoms with van der Waals surface area (Å²) in [4.78, 5) is 29.7. The molecule has 0 N–H and O–H groups in total. The van der Waals surface area contributed by atoms with E-state index >= 15 is 0 Å². The smallest absolute Gasteiger partial charge is 0.311 e. The van der Waals surface area contributed by atoms with E-state index in [1.807, 2.05) is 39.0 Å². The summed E-state index contributed by atoms with van der Waals surface area (Å²) in [7, 11) is 1.63. The number of aromatic nitrogens is 2. The first kappa shape index (κ1) is 27.5. The number of nitro groups is 1. The lowest BCUT2D eigenvalue weighted by Gasteiger charge is -2.17. The number of para-hydroxylation sites is 1. The average molecular weight is 529 g/mol. The van der Waals surface area contributed by atoms with Gasteiger partial charge in [-0.05, 0) is 73.7 Å². The van der Waals surface area contributed by atoms with Crippen LogP contribution in [0.2, 0.25) is 0 Å². The van der Waals surface area contributed by atoms with E-state index in [0.717, 1.165) is 22.4 Å². The summed E-state index contributed by atoms with van der Waals surface area (Å²) in [6, 6.07) is 15.6. The molecule has 0 saturated heterocycles. The van der Waals surface area contributed by atoms with Gasteiger partial charge in [-0.25, -0.2) is 4.98 Å². The molecule has 9 nitrogen and oxygen atoms in total. The fourth-order valence-corrected chi connectivity index (χ4v) is 4.25. The fraction of sp³-hybridized carbons (Fsp3) is 0.300. The van der Waals surface area contributed by atoms with Crippen molar-refractivity contribution >= 4 is 22.8 Å². The molecule has 1 aromatic heterocycles. The highest BCUT2D eigenvalue weighted by Crippen LogP contribution is 2.34. The lowest BCUT2D eigenvalue weighted by Crippen LogP contribution is -2.21. The van der Waals surface area contributed by atoms with Crippen LogP contribution in [0, 0.1) is 17.0 Å². The maximum atomic E-state index is 13.6. The Morgan fingerprint density at radius 1 is 1.10 bits per heavy atom. The minimum atomic E-state index is -0.488. The maximum Gasteiger partial charge on any atom is 0.311 e. The van der Waals surface area contributed by atoms with Gasteiger partial charge in [-0.1, -0.05) is 32.9 Å². The second kappa shape index (κ2) is 11.5. The van der Waals surface area contributed by atoms with Crippen molar-refractivity contribution in [2.45, 2.75) is 53.1 Å². The molecule has 4 aromatic rings. The zero-order valence-corrected chi connectivity index (χ0v) is 23.0. The molecule has 0 aliphatic rings. The molecular weight excluding hydrogens is 496 g/mol. The van der Waals surface area contributed by atoms with E-state index in [0.29, 0.717) is 28.7 Å². The van der Waals surface area contributed by atoms with Crippen molar-refractivity contribution in [3.8, 4) is 22.9 Å². The maximum absolute atomic E-state index is 13.6. The molecule has 1 heterocycles. The van der Waals surface area contributed by atoms with E-state index < -0.39 is 4.92 Å². The summed E-state index contributed by atoms with van der Waals surface area (Å²) in [6.45, 7) is 9.86. The summed E-state index contributed by atoms with van der Waals surface area (Å²) in [5.74, 6) is 1.48. The molecule has 202 valence electrons. The molecule has 3 aromatic carbocycles. The van der Waals surface area contributed by atoms with Gasteiger partial charge < -0.3 is 9.47 Å². The predicted octanol–water partition coefficient (Wildman–Crippen LogP) is 6.47. The first-order valence-corrected chi connectivity index (χ1v) is 12.8. The van der Waals surface area contributed by atoms with E-state index in [1.165, 1.54) is 17.0 Å². The van der Waals surface area contributed by atoms with Crippen molar-refractivity contribution < 1.29 is 14.4 Å². The van der Waals surface area contributed by atoms with Crippen molar-refractivity contribution in [3.05, 3.63) is 91.8 Å². The fourth-order valence-electron chi connectivity index (χ4n) is 4.25. The molecule has 0 saturated carbocycles. The van der Waals surface area contributed by atoms with Crippen molar-refractivity contribution in [2.75, 3.05) is 7.11 Å². The molecule has 39 heavy (non-hydrogen) atoms. The Balaban J connectivity index is 1.90. The van der Waals surface area contributed by atoms with Crippen LogP contribution in [0.4, 0.5) is 5.69 Å². The molecule has 9 heteroatoms. The molecule has 0 aliphatic heterocycles. The Bertz CT molecular complexity index is 1620. The van der Waals surface area contributed by atoms with Crippen LogP contribution in [0.3, 0.4) is 0 Å². The minimum absolute atomic E-state index is 0.167. The van der Waals surface area contributed by atoms with Crippen LogP contribution < -0.4 is 15.0 Å². The Hall–Kier alpha value is -4.53. The summed E-state index contributed by atoms with van der Waals surface area (Å²) >= 11 is 0. The van der Waals surface area contributed by atoms with Crippen LogP contribution in [0.1, 0.15) is 56.7 Å². The number of hydrogen-bond acceptors (Lipinski definition) is 7. The van der Waals surface area contributed by atoms with Gasteiger partial charge in [-0.2, -0.15) is 9.78 Å². The zero-order valence-electron chi connectivity index (χ0n) is 23.0. The van der Waals surface area contributed by atoms with Gasteiger partial charge in [0, 0.05) is 17.2 Å². The molecule has 0 spiro atoms. The third-order valence-corrected chi connectivity index (χ3v) is 6.60. The number of ether oxygens (including phenoxy) is 2. The molecule has 0 fully saturated rings. The van der Waals surface area contributed by atoms with Crippen molar-refractivity contribution in [1.29, 1.82) is 0 Å². The van der Waals surface area contributed by atoms with E-state index in [4.69, 9.17) is 14.5 Å². The van der Waals surface area contributed by atoms with E-state index in [1.54, 1.807) is 37.4 Å². The van der Waals surface area contributed by atoms with E-state index in [-0.39, 0.29) is 29.0 Å². The van der Waals surface area contributed by atoms with Crippen LogP contribution in [0.15, 0.2) is 64.5 Å². The van der Waals surface area contributed by atoms with Gasteiger partial charge in [0.2, 0.25) is 0 Å². The number of benzene rings is 3. The van der Waals surface area contributed by atoms with Crippen LogP contribution in [0.25, 0.3) is 22.3 Å². The van der Waals surface area contributed by atoms with E-state index in [9.17, 15) is 14.9 Å². The van der Waals surface area contributed by atoms with Crippen molar-refractivity contribution in [3.63, 3.8) is 0 Å². The quantitative estimate of drug-likeness (QED) is 0.140. The Morgan fingerprint density at radius 2 is 1.85 bits per heavy atom. The Kier molecular flexibility index (Phi) is 8.09. The second-order valence-electron chi connectivity index (χ2n) is 9.70. The van der Waals surface area contributed by atoms with E-state index in [2.05, 4.69) is 18.9 Å². The highest BCUT2D eigenvalue weighted by Gasteiger charge is 2.20. The van der Waals surface area contributed by atoms with Gasteiger partial charge in [-0.15, -0.1) is 0 Å². The first-order valence-electron chi connectivity index (χ1n) is 12.8. The zero-order chi connectivity index (χ0) is 28.3. The Labute approximate surface area is 226 Å². The number of rotatable bonds is 9. The van der Waals surface area contributed by atoms with Crippen LogP contribution in [-0.4, -0.2) is 34.0 Å². The van der Waals surface area contributed by atoms with Crippen LogP contribution in [0.5, 0.6) is 11.5 Å². The third kappa shape index (κ3) is 5.67. The molecule has 0 amide bonds. The lowest BCUT2D eigenvalue weighted by molar-refractivity contribution is -0.386. The number of nitrogens with zero attached hydrogens (tertiary/aromatic N) is 4. The summed E-state index contributed by atoms with van der Waals surface area (Å²) in [6.07, 6.45) is 1.96. The number of nitro benzene ring substituents is 1. The van der Waals surface area contributed by atoms with Gasteiger partial charge in [0.25, 0.3) is 5.56 Å². The average Bonchev–Trinajstić information content (AvgIpc) is 2.92. The monoisotopic (exact) mass is 528 g/mol.